The molecule has 0 heterocycles. The van der Waals surface area contributed by atoms with Crippen LogP contribution in [-0.2, 0) is 9.84 Å². The zero-order valence-corrected chi connectivity index (χ0v) is 29.4. The minimum Gasteiger partial charge on any atom is -0.497 e. The number of hydrogen-bond donors (Lipinski definition) is 0. The highest BCUT2D eigenvalue weighted by Gasteiger charge is 2.34. The lowest BCUT2D eigenvalue weighted by Crippen LogP contribution is -2.19. The van der Waals surface area contributed by atoms with Crippen molar-refractivity contribution in [3.63, 3.8) is 0 Å². The first-order valence-electron chi connectivity index (χ1n) is 15.1. The molecule has 15 heteroatoms. The zero-order valence-electron chi connectivity index (χ0n) is 28.6. The number of rotatable bonds is 16. The molecule has 2 atom stereocenters. The van der Waals surface area contributed by atoms with Crippen LogP contribution in [0.1, 0.15) is 32.8 Å². The Kier molecular flexibility index (Phi) is 12.2. The van der Waals surface area contributed by atoms with Gasteiger partial charge in [0.15, 0.2) is 32.8 Å². The first-order chi connectivity index (χ1) is 24.4. The molecule has 0 saturated carbocycles. The van der Waals surface area contributed by atoms with Gasteiger partial charge in [-0.25, -0.2) is 8.42 Å². The summed E-state index contributed by atoms with van der Waals surface area (Å²) in [6.07, 6.45) is 5.35. The second kappa shape index (κ2) is 16.5. The molecule has 2 unspecified atom stereocenters. The van der Waals surface area contributed by atoms with Crippen molar-refractivity contribution in [2.24, 2.45) is 0 Å². The Balaban J connectivity index is 1.97. The third-order valence-corrected chi connectivity index (χ3v) is 10.2. The Labute approximate surface area is 294 Å². The largest absolute Gasteiger partial charge is 0.497 e. The molecule has 0 aliphatic rings. The van der Waals surface area contributed by atoms with E-state index in [0.717, 1.165) is 0 Å². The molecule has 0 spiro atoms. The molecule has 51 heavy (non-hydrogen) atoms. The number of methoxy groups -OCH3 is 6. The van der Waals surface area contributed by atoms with E-state index in [1.807, 2.05) is 0 Å². The van der Waals surface area contributed by atoms with Gasteiger partial charge in [-0.1, -0.05) is 48.6 Å². The van der Waals surface area contributed by atoms with Gasteiger partial charge in [-0.15, -0.1) is 0 Å². The van der Waals surface area contributed by atoms with Crippen LogP contribution in [-0.4, -0.2) is 60.9 Å². The van der Waals surface area contributed by atoms with Gasteiger partial charge in [-0.05, 0) is 47.5 Å². The Bertz CT molecular complexity index is 1900. The molecule has 4 rings (SSSR count). The second-order valence-corrected chi connectivity index (χ2v) is 12.9. The van der Waals surface area contributed by atoms with Crippen LogP contribution in [0.3, 0.4) is 0 Å². The number of nitro groups is 2. The molecule has 4 aromatic rings. The van der Waals surface area contributed by atoms with E-state index < -0.39 is 30.2 Å². The molecular weight excluding hydrogens is 684 g/mol. The third-order valence-electron chi connectivity index (χ3n) is 7.96. The molecule has 268 valence electrons. The second-order valence-electron chi connectivity index (χ2n) is 10.7. The van der Waals surface area contributed by atoms with Crippen molar-refractivity contribution >= 4 is 33.4 Å². The molecule has 14 nitrogen and oxygen atoms in total. The van der Waals surface area contributed by atoms with Crippen molar-refractivity contribution < 1.29 is 46.7 Å². The Morgan fingerprint density at radius 2 is 0.843 bits per heavy atom. The fourth-order valence-corrected chi connectivity index (χ4v) is 7.28. The molecule has 0 aromatic heterocycles. The van der Waals surface area contributed by atoms with Crippen molar-refractivity contribution in [1.29, 1.82) is 0 Å². The molecule has 0 aliphatic carbocycles. The summed E-state index contributed by atoms with van der Waals surface area (Å²) in [5.74, 6) is 1.58. The van der Waals surface area contributed by atoms with E-state index in [1.54, 1.807) is 48.5 Å². The molecule has 0 bridgehead atoms. The van der Waals surface area contributed by atoms with Crippen molar-refractivity contribution in [2.75, 3.05) is 42.7 Å². The maximum absolute atomic E-state index is 14.9. The SMILES string of the molecule is COc1ccc(C(/C=C/c2cc(OC)c(OC)cc2[N+](=O)[O-])S(=O)(=O)C(/C=C/c2cc(OC)c(OC)cc2[N+](=O)[O-])c2ccc(OC)cc2)cc1. The lowest BCUT2D eigenvalue weighted by Gasteiger charge is -2.22. The summed E-state index contributed by atoms with van der Waals surface area (Å²) < 4.78 is 61.6. The summed E-state index contributed by atoms with van der Waals surface area (Å²) in [4.78, 5) is 22.9. The van der Waals surface area contributed by atoms with Gasteiger partial charge < -0.3 is 28.4 Å². The molecule has 0 N–H and O–H groups in total. The van der Waals surface area contributed by atoms with Crippen molar-refractivity contribution in [3.8, 4) is 34.5 Å². The van der Waals surface area contributed by atoms with Gasteiger partial charge in [0.05, 0.1) is 75.8 Å². The number of benzene rings is 4. The van der Waals surface area contributed by atoms with Crippen molar-refractivity contribution in [1.82, 2.24) is 0 Å². The number of nitrogens with zero attached hydrogens (tertiary/aromatic N) is 2. The minimum atomic E-state index is -4.38. The summed E-state index contributed by atoms with van der Waals surface area (Å²) in [6.45, 7) is 0. The first kappa shape index (κ1) is 37.7. The number of ether oxygens (including phenoxy) is 6. The van der Waals surface area contributed by atoms with Gasteiger partial charge in [0.1, 0.15) is 22.0 Å². The van der Waals surface area contributed by atoms with E-state index in [2.05, 4.69) is 0 Å². The van der Waals surface area contributed by atoms with E-state index in [9.17, 15) is 28.6 Å². The van der Waals surface area contributed by atoms with Gasteiger partial charge in [0.2, 0.25) is 0 Å². The molecule has 0 aliphatic heterocycles. The molecule has 0 fully saturated rings. The quantitative estimate of drug-likeness (QED) is 0.0843. The molecule has 0 amide bonds. The van der Waals surface area contributed by atoms with Crippen LogP contribution < -0.4 is 28.4 Å². The zero-order chi connectivity index (χ0) is 37.3. The maximum atomic E-state index is 14.9. The highest BCUT2D eigenvalue weighted by atomic mass is 32.2. The number of sulfone groups is 1. The molecular formula is C36H36N2O12S. The van der Waals surface area contributed by atoms with Crippen LogP contribution in [0.2, 0.25) is 0 Å². The average molecular weight is 721 g/mol. The predicted octanol–water partition coefficient (Wildman–Crippen LogP) is 7.18. The summed E-state index contributed by atoms with van der Waals surface area (Å²) in [7, 11) is 3.98. The van der Waals surface area contributed by atoms with Gasteiger partial charge in [-0.2, -0.15) is 0 Å². The lowest BCUT2D eigenvalue weighted by atomic mass is 10.1. The van der Waals surface area contributed by atoms with E-state index in [4.69, 9.17) is 28.4 Å². The monoisotopic (exact) mass is 720 g/mol. The van der Waals surface area contributed by atoms with Crippen LogP contribution >= 0.6 is 0 Å². The summed E-state index contributed by atoms with van der Waals surface area (Å²) in [6, 6.07) is 17.8. The first-order valence-corrected chi connectivity index (χ1v) is 16.7. The van der Waals surface area contributed by atoms with Crippen LogP contribution in [0.15, 0.2) is 84.9 Å². The standard InChI is InChI=1S/C36H36N2O12S/c1-45-27-13-7-23(8-14-27)35(17-11-25-19-31(47-3)33(49-5)21-29(25)37(39)40)51(43,44)36(24-9-15-28(46-2)16-10-24)18-12-26-20-32(48-4)34(50-6)22-30(26)38(41)42/h7-22,35-36H,1-6H3/b17-11+,18-12+. The fourth-order valence-electron chi connectivity index (χ4n) is 5.30. The smallest absolute Gasteiger partial charge is 0.280 e. The van der Waals surface area contributed by atoms with Crippen LogP contribution in [0.25, 0.3) is 12.2 Å². The molecule has 0 radical (unpaired) electrons. The highest BCUT2D eigenvalue weighted by molar-refractivity contribution is 7.92. The normalized spacial score (nSPS) is 12.7. The summed E-state index contributed by atoms with van der Waals surface area (Å²) >= 11 is 0. The maximum Gasteiger partial charge on any atom is 0.280 e. The highest BCUT2D eigenvalue weighted by Crippen LogP contribution is 2.41. The van der Waals surface area contributed by atoms with Crippen molar-refractivity contribution in [3.05, 3.63) is 127 Å². The average Bonchev–Trinajstić information content (AvgIpc) is 3.14. The van der Waals surface area contributed by atoms with E-state index in [1.165, 1.54) is 91.2 Å². The minimum absolute atomic E-state index is 0.0591. The van der Waals surface area contributed by atoms with Gasteiger partial charge >= 0.3 is 0 Å². The molecule has 0 saturated heterocycles. The summed E-state index contributed by atoms with van der Waals surface area (Å²) in [5, 5.41) is 21.3. The van der Waals surface area contributed by atoms with E-state index >= 15 is 0 Å². The Hall–Kier alpha value is -6.09. The number of nitro benzene ring substituents is 2. The lowest BCUT2D eigenvalue weighted by molar-refractivity contribution is -0.385. The summed E-state index contributed by atoms with van der Waals surface area (Å²) in [5.41, 5.74) is 0.0652. The van der Waals surface area contributed by atoms with E-state index in [-0.39, 0.29) is 45.5 Å². The van der Waals surface area contributed by atoms with Crippen LogP contribution in [0.4, 0.5) is 11.4 Å². The van der Waals surface area contributed by atoms with Gasteiger partial charge in [0.25, 0.3) is 11.4 Å². The van der Waals surface area contributed by atoms with Crippen LogP contribution in [0, 0.1) is 20.2 Å². The Morgan fingerprint density at radius 1 is 0.529 bits per heavy atom. The van der Waals surface area contributed by atoms with Crippen molar-refractivity contribution in [2.45, 2.75) is 10.5 Å². The fraction of sp³-hybridized carbons (Fsp3) is 0.222. The topological polar surface area (TPSA) is 176 Å². The van der Waals surface area contributed by atoms with Gasteiger partial charge in [-0.3, -0.25) is 20.2 Å². The third kappa shape index (κ3) is 8.38. The van der Waals surface area contributed by atoms with Gasteiger partial charge in [0, 0.05) is 0 Å². The van der Waals surface area contributed by atoms with Crippen LogP contribution in [0.5, 0.6) is 34.5 Å². The molecule has 4 aromatic carbocycles. The Morgan fingerprint density at radius 3 is 1.12 bits per heavy atom. The van der Waals surface area contributed by atoms with E-state index in [0.29, 0.717) is 22.6 Å². The number of hydrogen-bond acceptors (Lipinski definition) is 12. The predicted molar refractivity (Wildman–Crippen MR) is 191 cm³/mol.